The minimum Gasteiger partial charge on any atom is -0.439 e. The molecule has 3 aromatic rings. The number of hydrogen-bond acceptors (Lipinski definition) is 4. The van der Waals surface area contributed by atoms with Gasteiger partial charge in [0.2, 0.25) is 5.88 Å². The number of halogens is 1. The lowest BCUT2D eigenvalue weighted by Gasteiger charge is -2.19. The Hall–Kier alpha value is -2.04. The van der Waals surface area contributed by atoms with E-state index in [9.17, 15) is 0 Å². The van der Waals surface area contributed by atoms with Crippen LogP contribution in [0, 0.1) is 6.92 Å². The molecule has 0 aliphatic carbocycles. The molecule has 3 nitrogen and oxygen atoms in total. The highest BCUT2D eigenvalue weighted by Gasteiger charge is 2.19. The summed E-state index contributed by atoms with van der Waals surface area (Å²) in [6, 6.07) is 17.7. The van der Waals surface area contributed by atoms with Gasteiger partial charge in [-0.3, -0.25) is 0 Å². The second-order valence-corrected chi connectivity index (χ2v) is 8.72. The maximum absolute atomic E-state index is 6.27. The van der Waals surface area contributed by atoms with E-state index in [-0.39, 0.29) is 5.41 Å². The predicted octanol–water partition coefficient (Wildman–Crippen LogP) is 6.82. The van der Waals surface area contributed by atoms with Crippen molar-refractivity contribution in [2.45, 2.75) is 44.0 Å². The Morgan fingerprint density at radius 1 is 1.00 bits per heavy atom. The smallest absolute Gasteiger partial charge is 0.223 e. The molecule has 0 saturated carbocycles. The lowest BCUT2D eigenvalue weighted by atomic mass is 9.92. The van der Waals surface area contributed by atoms with Crippen molar-refractivity contribution in [1.82, 2.24) is 9.97 Å². The number of para-hydroxylation sites is 1. The SMILES string of the molecule is Cc1ccccc1Oc1cc(C(C)(C)C)nc(SCc2ccccc2Cl)n1. The lowest BCUT2D eigenvalue weighted by molar-refractivity contribution is 0.444. The average Bonchev–Trinajstić information content (AvgIpc) is 2.62. The molecule has 2 aromatic carbocycles. The largest absolute Gasteiger partial charge is 0.439 e. The highest BCUT2D eigenvalue weighted by molar-refractivity contribution is 7.98. The zero-order valence-electron chi connectivity index (χ0n) is 16.0. The van der Waals surface area contributed by atoms with E-state index >= 15 is 0 Å². The molecule has 0 spiro atoms. The van der Waals surface area contributed by atoms with Crippen molar-refractivity contribution in [2.75, 3.05) is 0 Å². The Bertz CT molecular complexity index is 938. The van der Waals surface area contributed by atoms with E-state index in [4.69, 9.17) is 21.3 Å². The van der Waals surface area contributed by atoms with Crippen LogP contribution in [0.25, 0.3) is 0 Å². The zero-order chi connectivity index (χ0) is 19.4. The number of rotatable bonds is 5. The maximum Gasteiger partial charge on any atom is 0.223 e. The van der Waals surface area contributed by atoms with Gasteiger partial charge < -0.3 is 4.74 Å². The first kappa shape index (κ1) is 19.7. The molecule has 140 valence electrons. The molecule has 0 saturated heterocycles. The Labute approximate surface area is 170 Å². The van der Waals surface area contributed by atoms with Crippen LogP contribution in [0.5, 0.6) is 11.6 Å². The van der Waals surface area contributed by atoms with E-state index in [2.05, 4.69) is 25.8 Å². The third kappa shape index (κ3) is 5.24. The summed E-state index contributed by atoms with van der Waals surface area (Å²) in [6.07, 6.45) is 0. The summed E-state index contributed by atoms with van der Waals surface area (Å²) in [5.74, 6) is 2.07. The Morgan fingerprint density at radius 2 is 1.70 bits per heavy atom. The first-order valence-corrected chi connectivity index (χ1v) is 10.2. The second kappa shape index (κ2) is 8.32. The highest BCUT2D eigenvalue weighted by Crippen LogP contribution is 2.31. The molecule has 27 heavy (non-hydrogen) atoms. The first-order valence-electron chi connectivity index (χ1n) is 8.82. The Kier molecular flexibility index (Phi) is 6.08. The molecule has 3 rings (SSSR count). The molecule has 0 amide bonds. The minimum atomic E-state index is -0.105. The molecule has 0 unspecified atom stereocenters. The van der Waals surface area contributed by atoms with Crippen molar-refractivity contribution >= 4 is 23.4 Å². The van der Waals surface area contributed by atoms with Crippen LogP contribution in [0.1, 0.15) is 37.6 Å². The third-order valence-electron chi connectivity index (χ3n) is 4.07. The van der Waals surface area contributed by atoms with Crippen LogP contribution in [0.3, 0.4) is 0 Å². The van der Waals surface area contributed by atoms with Gasteiger partial charge in [-0.15, -0.1) is 0 Å². The number of aryl methyl sites for hydroxylation is 1. The van der Waals surface area contributed by atoms with Crippen LogP contribution in [0.15, 0.2) is 59.8 Å². The van der Waals surface area contributed by atoms with Gasteiger partial charge in [-0.05, 0) is 30.2 Å². The molecule has 5 heteroatoms. The second-order valence-electron chi connectivity index (χ2n) is 7.37. The maximum atomic E-state index is 6.27. The molecule has 0 aliphatic rings. The fraction of sp³-hybridized carbons (Fsp3) is 0.273. The number of benzene rings is 2. The number of nitrogens with zero attached hydrogens (tertiary/aromatic N) is 2. The van der Waals surface area contributed by atoms with Crippen molar-refractivity contribution < 1.29 is 4.74 Å². The molecule has 1 aromatic heterocycles. The predicted molar refractivity (Wildman–Crippen MR) is 113 cm³/mol. The Morgan fingerprint density at radius 3 is 2.41 bits per heavy atom. The van der Waals surface area contributed by atoms with Crippen molar-refractivity contribution in [1.29, 1.82) is 0 Å². The van der Waals surface area contributed by atoms with Gasteiger partial charge in [-0.2, -0.15) is 4.98 Å². The van der Waals surface area contributed by atoms with Gasteiger partial charge in [-0.1, -0.05) is 80.5 Å². The molecular weight excluding hydrogens is 376 g/mol. The molecule has 0 N–H and O–H groups in total. The van der Waals surface area contributed by atoms with Crippen LogP contribution < -0.4 is 4.74 Å². The molecule has 0 aliphatic heterocycles. The summed E-state index contributed by atoms with van der Waals surface area (Å²) >= 11 is 7.83. The lowest BCUT2D eigenvalue weighted by Crippen LogP contribution is -2.14. The van der Waals surface area contributed by atoms with Crippen LogP contribution in [0.2, 0.25) is 5.02 Å². The van der Waals surface area contributed by atoms with Crippen molar-refractivity contribution in [2.24, 2.45) is 0 Å². The third-order valence-corrected chi connectivity index (χ3v) is 5.34. The van der Waals surface area contributed by atoms with E-state index in [1.165, 1.54) is 0 Å². The topological polar surface area (TPSA) is 35.0 Å². The van der Waals surface area contributed by atoms with Crippen LogP contribution >= 0.6 is 23.4 Å². The minimum absolute atomic E-state index is 0.105. The number of hydrogen-bond donors (Lipinski definition) is 0. The van der Waals surface area contributed by atoms with Gasteiger partial charge in [0.1, 0.15) is 5.75 Å². The first-order chi connectivity index (χ1) is 12.8. The van der Waals surface area contributed by atoms with Crippen molar-refractivity contribution in [3.8, 4) is 11.6 Å². The van der Waals surface area contributed by atoms with Gasteiger partial charge >= 0.3 is 0 Å². The molecule has 0 atom stereocenters. The Balaban J connectivity index is 1.89. The summed E-state index contributed by atoms with van der Waals surface area (Å²) < 4.78 is 6.07. The quantitative estimate of drug-likeness (QED) is 0.349. The fourth-order valence-electron chi connectivity index (χ4n) is 2.45. The van der Waals surface area contributed by atoms with Crippen molar-refractivity contribution in [3.05, 3.63) is 76.4 Å². The zero-order valence-corrected chi connectivity index (χ0v) is 17.6. The van der Waals surface area contributed by atoms with E-state index in [0.29, 0.717) is 16.8 Å². The van der Waals surface area contributed by atoms with E-state index in [1.807, 2.05) is 61.5 Å². The van der Waals surface area contributed by atoms with E-state index < -0.39 is 0 Å². The summed E-state index contributed by atoms with van der Waals surface area (Å²) in [6.45, 7) is 8.43. The summed E-state index contributed by atoms with van der Waals surface area (Å²) in [5.41, 5.74) is 2.98. The van der Waals surface area contributed by atoms with Gasteiger partial charge in [0.05, 0.1) is 5.69 Å². The van der Waals surface area contributed by atoms with Gasteiger partial charge in [-0.25, -0.2) is 4.98 Å². The van der Waals surface area contributed by atoms with Crippen LogP contribution in [-0.4, -0.2) is 9.97 Å². The van der Waals surface area contributed by atoms with Crippen LogP contribution in [-0.2, 0) is 11.2 Å². The number of ether oxygens (including phenoxy) is 1. The van der Waals surface area contributed by atoms with E-state index in [1.54, 1.807) is 11.8 Å². The fourth-order valence-corrected chi connectivity index (χ4v) is 3.58. The van der Waals surface area contributed by atoms with Gasteiger partial charge in [0.25, 0.3) is 0 Å². The van der Waals surface area contributed by atoms with Crippen LogP contribution in [0.4, 0.5) is 0 Å². The molecule has 0 fully saturated rings. The van der Waals surface area contributed by atoms with Crippen molar-refractivity contribution in [3.63, 3.8) is 0 Å². The highest BCUT2D eigenvalue weighted by atomic mass is 35.5. The standard InChI is InChI=1S/C22H23ClN2OS/c1-15-9-5-8-12-18(15)26-20-13-19(22(2,3)4)24-21(25-20)27-14-16-10-6-7-11-17(16)23/h5-13H,14H2,1-4H3. The molecule has 0 bridgehead atoms. The molecule has 1 heterocycles. The summed E-state index contributed by atoms with van der Waals surface area (Å²) in [5, 5.41) is 1.44. The van der Waals surface area contributed by atoms with E-state index in [0.717, 1.165) is 27.6 Å². The molecular formula is C22H23ClN2OS. The molecule has 0 radical (unpaired) electrons. The van der Waals surface area contributed by atoms with Gasteiger partial charge in [0, 0.05) is 22.3 Å². The summed E-state index contributed by atoms with van der Waals surface area (Å²) in [4.78, 5) is 9.36. The normalized spacial score (nSPS) is 11.4. The van der Waals surface area contributed by atoms with Gasteiger partial charge in [0.15, 0.2) is 5.16 Å². The average molecular weight is 399 g/mol. The number of aromatic nitrogens is 2. The monoisotopic (exact) mass is 398 g/mol. The number of thioether (sulfide) groups is 1. The summed E-state index contributed by atoms with van der Waals surface area (Å²) in [7, 11) is 0.